The van der Waals surface area contributed by atoms with Crippen molar-refractivity contribution < 1.29 is 24.1 Å². The molecule has 0 radical (unpaired) electrons. The van der Waals surface area contributed by atoms with Crippen LogP contribution < -0.4 is 14.2 Å². The van der Waals surface area contributed by atoms with Gasteiger partial charge in [0.1, 0.15) is 17.8 Å². The molecule has 1 aliphatic heterocycles. The Labute approximate surface area is 104 Å². The van der Waals surface area contributed by atoms with E-state index in [1.54, 1.807) is 18.2 Å². The largest absolute Gasteiger partial charge is 0.489 e. The molecule has 2 unspecified atom stereocenters. The van der Waals surface area contributed by atoms with Crippen LogP contribution in [-0.2, 0) is 4.79 Å². The third kappa shape index (κ3) is 1.58. The van der Waals surface area contributed by atoms with Crippen LogP contribution in [0.15, 0.2) is 18.2 Å². The van der Waals surface area contributed by atoms with Crippen LogP contribution in [0.5, 0.6) is 17.2 Å². The lowest BCUT2D eigenvalue weighted by Gasteiger charge is -2.07. The molecule has 1 N–H and O–H groups in total. The van der Waals surface area contributed by atoms with Gasteiger partial charge in [0.2, 0.25) is 6.79 Å². The Bertz CT molecular complexity index is 508. The normalized spacial score (nSPS) is 26.8. The number of hydrogen-bond acceptors (Lipinski definition) is 4. The summed E-state index contributed by atoms with van der Waals surface area (Å²) in [6.45, 7) is 4.00. The quantitative estimate of drug-likeness (QED) is 0.887. The third-order valence-electron chi connectivity index (χ3n) is 3.60. The van der Waals surface area contributed by atoms with Gasteiger partial charge in [-0.3, -0.25) is 4.79 Å². The van der Waals surface area contributed by atoms with Gasteiger partial charge in [0, 0.05) is 11.5 Å². The van der Waals surface area contributed by atoms with E-state index in [0.717, 1.165) is 0 Å². The third-order valence-corrected chi connectivity index (χ3v) is 3.60. The minimum atomic E-state index is -0.814. The second kappa shape index (κ2) is 3.54. The monoisotopic (exact) mass is 250 g/mol. The second-order valence-corrected chi connectivity index (χ2v) is 5.19. The van der Waals surface area contributed by atoms with Gasteiger partial charge in [-0.15, -0.1) is 0 Å². The van der Waals surface area contributed by atoms with Crippen molar-refractivity contribution in [1.29, 1.82) is 0 Å². The Kier molecular flexibility index (Phi) is 2.20. The Hall–Kier alpha value is -1.91. The highest BCUT2D eigenvalue weighted by atomic mass is 16.7. The van der Waals surface area contributed by atoms with Crippen LogP contribution in [0.1, 0.15) is 13.8 Å². The molecule has 0 spiro atoms. The van der Waals surface area contributed by atoms with Gasteiger partial charge < -0.3 is 19.3 Å². The van der Waals surface area contributed by atoms with Gasteiger partial charge in [-0.05, 0) is 12.1 Å². The van der Waals surface area contributed by atoms with E-state index in [9.17, 15) is 4.79 Å². The Balaban J connectivity index is 1.76. The zero-order valence-corrected chi connectivity index (χ0v) is 10.2. The Morgan fingerprint density at radius 3 is 2.78 bits per heavy atom. The van der Waals surface area contributed by atoms with Crippen molar-refractivity contribution in [3.05, 3.63) is 18.2 Å². The summed E-state index contributed by atoms with van der Waals surface area (Å²) in [5, 5.41) is 9.07. The zero-order valence-electron chi connectivity index (χ0n) is 10.2. The van der Waals surface area contributed by atoms with Crippen LogP contribution in [0.2, 0.25) is 0 Å². The van der Waals surface area contributed by atoms with Gasteiger partial charge in [0.15, 0.2) is 11.5 Å². The topological polar surface area (TPSA) is 65.0 Å². The lowest BCUT2D eigenvalue weighted by atomic mass is 10.1. The lowest BCUT2D eigenvalue weighted by Crippen LogP contribution is -2.07. The van der Waals surface area contributed by atoms with Gasteiger partial charge in [0.25, 0.3) is 0 Å². The first-order chi connectivity index (χ1) is 8.50. The van der Waals surface area contributed by atoms with E-state index >= 15 is 0 Å². The van der Waals surface area contributed by atoms with Gasteiger partial charge in [-0.2, -0.15) is 0 Å². The maximum Gasteiger partial charge on any atom is 0.310 e. The summed E-state index contributed by atoms with van der Waals surface area (Å²) in [4.78, 5) is 11.0. The van der Waals surface area contributed by atoms with Crippen molar-refractivity contribution in [1.82, 2.24) is 0 Å². The lowest BCUT2D eigenvalue weighted by molar-refractivity contribution is -0.139. The molecule has 5 nitrogen and oxygen atoms in total. The van der Waals surface area contributed by atoms with Crippen LogP contribution in [-0.4, -0.2) is 24.0 Å². The summed E-state index contributed by atoms with van der Waals surface area (Å²) in [6, 6.07) is 5.26. The molecular weight excluding hydrogens is 236 g/mol. The molecule has 0 amide bonds. The van der Waals surface area contributed by atoms with E-state index < -0.39 is 11.9 Å². The molecule has 0 aromatic heterocycles. The molecule has 0 saturated heterocycles. The van der Waals surface area contributed by atoms with Gasteiger partial charge >= 0.3 is 5.97 Å². The first kappa shape index (κ1) is 11.2. The highest BCUT2D eigenvalue weighted by Crippen LogP contribution is 2.54. The molecule has 1 aliphatic carbocycles. The zero-order chi connectivity index (χ0) is 12.9. The fraction of sp³-hybridized carbons (Fsp3) is 0.462. The average Bonchev–Trinajstić information content (AvgIpc) is 2.68. The van der Waals surface area contributed by atoms with Crippen molar-refractivity contribution in [2.45, 2.75) is 20.0 Å². The average molecular weight is 250 g/mol. The maximum absolute atomic E-state index is 11.0. The molecule has 2 aliphatic rings. The number of hydrogen-bond donors (Lipinski definition) is 1. The van der Waals surface area contributed by atoms with Gasteiger partial charge in [-0.1, -0.05) is 13.8 Å². The summed E-state index contributed by atoms with van der Waals surface area (Å²) >= 11 is 0. The molecular formula is C13H14O5. The maximum atomic E-state index is 11.0. The van der Waals surface area contributed by atoms with E-state index in [0.29, 0.717) is 17.2 Å². The van der Waals surface area contributed by atoms with Gasteiger partial charge in [0.05, 0.1) is 0 Å². The molecule has 3 rings (SSSR count). The van der Waals surface area contributed by atoms with E-state index in [2.05, 4.69) is 0 Å². The number of fused-ring (bicyclic) bond motifs is 1. The fourth-order valence-corrected chi connectivity index (χ4v) is 2.36. The molecule has 0 bridgehead atoms. The number of carboxylic acid groups (broad SMARTS) is 1. The Morgan fingerprint density at radius 2 is 2.11 bits per heavy atom. The van der Waals surface area contributed by atoms with E-state index in [4.69, 9.17) is 19.3 Å². The number of benzene rings is 1. The molecule has 5 heteroatoms. The van der Waals surface area contributed by atoms with E-state index in [1.165, 1.54) is 0 Å². The number of carbonyl (C=O) groups is 1. The summed E-state index contributed by atoms with van der Waals surface area (Å²) in [5.74, 6) is 0.666. The summed E-state index contributed by atoms with van der Waals surface area (Å²) < 4.78 is 16.2. The molecule has 96 valence electrons. The van der Waals surface area contributed by atoms with Crippen LogP contribution in [0.4, 0.5) is 0 Å². The SMILES string of the molecule is CC1(C)C(Oc2ccc3c(c2)OCO3)C1C(=O)O. The summed E-state index contributed by atoms with van der Waals surface area (Å²) in [7, 11) is 0. The fourth-order valence-electron chi connectivity index (χ4n) is 2.36. The number of rotatable bonds is 3. The second-order valence-electron chi connectivity index (χ2n) is 5.19. The van der Waals surface area contributed by atoms with Crippen LogP contribution in [0.25, 0.3) is 0 Å². The van der Waals surface area contributed by atoms with Crippen molar-refractivity contribution in [2.75, 3.05) is 6.79 Å². The minimum Gasteiger partial charge on any atom is -0.489 e. The molecule has 1 saturated carbocycles. The number of aliphatic carboxylic acids is 1. The van der Waals surface area contributed by atoms with E-state index in [-0.39, 0.29) is 18.3 Å². The highest BCUT2D eigenvalue weighted by molar-refractivity contribution is 5.76. The van der Waals surface area contributed by atoms with Crippen molar-refractivity contribution in [3.63, 3.8) is 0 Å². The van der Waals surface area contributed by atoms with Crippen LogP contribution in [0, 0.1) is 11.3 Å². The summed E-state index contributed by atoms with van der Waals surface area (Å²) in [6.07, 6.45) is -0.296. The molecule has 2 atom stereocenters. The first-order valence-corrected chi connectivity index (χ1v) is 5.79. The molecule has 1 fully saturated rings. The van der Waals surface area contributed by atoms with Crippen molar-refractivity contribution in [2.24, 2.45) is 11.3 Å². The van der Waals surface area contributed by atoms with Gasteiger partial charge in [-0.25, -0.2) is 0 Å². The molecule has 1 aromatic rings. The number of ether oxygens (including phenoxy) is 3. The van der Waals surface area contributed by atoms with Crippen LogP contribution in [0.3, 0.4) is 0 Å². The van der Waals surface area contributed by atoms with Crippen molar-refractivity contribution in [3.8, 4) is 17.2 Å². The summed E-state index contributed by atoms with van der Waals surface area (Å²) in [5.41, 5.74) is -0.331. The van der Waals surface area contributed by atoms with Crippen LogP contribution >= 0.6 is 0 Å². The minimum absolute atomic E-state index is 0.214. The first-order valence-electron chi connectivity index (χ1n) is 5.79. The predicted molar refractivity (Wildman–Crippen MR) is 61.9 cm³/mol. The van der Waals surface area contributed by atoms with E-state index in [1.807, 2.05) is 13.8 Å². The standard InChI is InChI=1S/C13H14O5/c1-13(2)10(12(14)15)11(13)18-7-3-4-8-9(5-7)17-6-16-8/h3-5,10-11H,6H2,1-2H3,(H,14,15). The smallest absolute Gasteiger partial charge is 0.310 e. The Morgan fingerprint density at radius 1 is 1.39 bits per heavy atom. The molecule has 1 heterocycles. The molecule has 1 aromatic carbocycles. The highest BCUT2D eigenvalue weighted by Gasteiger charge is 2.64. The molecule has 18 heavy (non-hydrogen) atoms. The predicted octanol–water partition coefficient (Wildman–Crippen LogP) is 1.90. The number of carboxylic acids is 1. The van der Waals surface area contributed by atoms with Crippen molar-refractivity contribution >= 4 is 5.97 Å².